The Morgan fingerprint density at radius 1 is 1.12 bits per heavy atom. The van der Waals surface area contributed by atoms with Gasteiger partial charge in [-0.1, -0.05) is 50.0 Å². The molecule has 1 aromatic rings. The molecule has 0 aromatic heterocycles. The molecule has 1 rings (SSSR count). The standard InChI is InChI=1S/C13H20Cl2OSi/c1-13(2,3)17(4,5)16-9-10-11(14)7-6-8-12(10)15/h6-8H,9H2,1-5H3. The van der Waals surface area contributed by atoms with Crippen molar-refractivity contribution in [3.05, 3.63) is 33.8 Å². The quantitative estimate of drug-likeness (QED) is 0.667. The van der Waals surface area contributed by atoms with Gasteiger partial charge < -0.3 is 4.43 Å². The minimum absolute atomic E-state index is 0.195. The minimum atomic E-state index is -1.75. The average molecular weight is 291 g/mol. The van der Waals surface area contributed by atoms with Crippen LogP contribution in [-0.2, 0) is 11.0 Å². The highest BCUT2D eigenvalue weighted by Gasteiger charge is 2.37. The molecule has 0 N–H and O–H groups in total. The first-order chi connectivity index (χ1) is 7.65. The van der Waals surface area contributed by atoms with Gasteiger partial charge in [0.05, 0.1) is 6.61 Å². The molecule has 0 atom stereocenters. The second-order valence-electron chi connectivity index (χ2n) is 5.75. The number of hydrogen-bond acceptors (Lipinski definition) is 1. The van der Waals surface area contributed by atoms with E-state index >= 15 is 0 Å². The third-order valence-electron chi connectivity index (χ3n) is 3.45. The van der Waals surface area contributed by atoms with Gasteiger partial charge in [0.1, 0.15) is 0 Å². The first-order valence-electron chi connectivity index (χ1n) is 5.72. The minimum Gasteiger partial charge on any atom is -0.412 e. The monoisotopic (exact) mass is 290 g/mol. The number of halogens is 2. The zero-order valence-electron chi connectivity index (χ0n) is 11.1. The Balaban J connectivity index is 2.81. The van der Waals surface area contributed by atoms with Gasteiger partial charge in [-0.25, -0.2) is 0 Å². The van der Waals surface area contributed by atoms with Crippen molar-refractivity contribution in [3.63, 3.8) is 0 Å². The normalized spacial score (nSPS) is 12.9. The molecule has 0 radical (unpaired) electrons. The third kappa shape index (κ3) is 3.72. The molecular formula is C13H20Cl2OSi. The molecule has 0 spiro atoms. The van der Waals surface area contributed by atoms with Gasteiger partial charge in [0.2, 0.25) is 0 Å². The van der Waals surface area contributed by atoms with E-state index in [-0.39, 0.29) is 5.04 Å². The van der Waals surface area contributed by atoms with Crippen LogP contribution in [0, 0.1) is 0 Å². The maximum absolute atomic E-state index is 6.12. The first kappa shape index (κ1) is 15.0. The van der Waals surface area contributed by atoms with E-state index < -0.39 is 8.32 Å². The van der Waals surface area contributed by atoms with Crippen molar-refractivity contribution in [3.8, 4) is 0 Å². The van der Waals surface area contributed by atoms with E-state index in [1.807, 2.05) is 18.2 Å². The van der Waals surface area contributed by atoms with Crippen molar-refractivity contribution in [1.82, 2.24) is 0 Å². The van der Waals surface area contributed by atoms with Crippen LogP contribution < -0.4 is 0 Å². The van der Waals surface area contributed by atoms with E-state index in [2.05, 4.69) is 33.9 Å². The molecule has 1 aromatic carbocycles. The molecule has 4 heteroatoms. The van der Waals surface area contributed by atoms with Crippen LogP contribution >= 0.6 is 23.2 Å². The molecule has 0 bridgehead atoms. The Labute approximate surface area is 115 Å². The SMILES string of the molecule is CC(C)(C)[Si](C)(C)OCc1c(Cl)cccc1Cl. The van der Waals surface area contributed by atoms with Gasteiger partial charge in [-0.15, -0.1) is 0 Å². The zero-order valence-corrected chi connectivity index (χ0v) is 13.6. The van der Waals surface area contributed by atoms with Crippen molar-refractivity contribution < 1.29 is 4.43 Å². The van der Waals surface area contributed by atoms with E-state index in [4.69, 9.17) is 27.6 Å². The van der Waals surface area contributed by atoms with E-state index in [9.17, 15) is 0 Å². The Kier molecular flexibility index (Phi) is 4.70. The predicted octanol–water partition coefficient (Wildman–Crippen LogP) is 5.52. The summed E-state index contributed by atoms with van der Waals surface area (Å²) in [4.78, 5) is 0. The fourth-order valence-corrected chi connectivity index (χ4v) is 2.58. The highest BCUT2D eigenvalue weighted by atomic mass is 35.5. The largest absolute Gasteiger partial charge is 0.412 e. The summed E-state index contributed by atoms with van der Waals surface area (Å²) in [6, 6.07) is 5.54. The molecule has 96 valence electrons. The van der Waals surface area contributed by atoms with Crippen LogP contribution in [-0.4, -0.2) is 8.32 Å². The third-order valence-corrected chi connectivity index (χ3v) is 8.63. The van der Waals surface area contributed by atoms with Gasteiger partial charge in [-0.3, -0.25) is 0 Å². The molecule has 0 saturated heterocycles. The predicted molar refractivity (Wildman–Crippen MR) is 78.4 cm³/mol. The van der Waals surface area contributed by atoms with Crippen molar-refractivity contribution in [1.29, 1.82) is 0 Å². The second kappa shape index (κ2) is 5.31. The summed E-state index contributed by atoms with van der Waals surface area (Å²) < 4.78 is 6.11. The fourth-order valence-electron chi connectivity index (χ4n) is 1.14. The van der Waals surface area contributed by atoms with E-state index in [0.717, 1.165) is 5.56 Å². The maximum Gasteiger partial charge on any atom is 0.192 e. The first-order valence-corrected chi connectivity index (χ1v) is 9.38. The molecular weight excluding hydrogens is 271 g/mol. The van der Waals surface area contributed by atoms with Crippen molar-refractivity contribution in [2.24, 2.45) is 0 Å². The van der Waals surface area contributed by atoms with E-state index in [1.165, 1.54) is 0 Å². The summed E-state index contributed by atoms with van der Waals surface area (Å²) in [7, 11) is -1.75. The summed E-state index contributed by atoms with van der Waals surface area (Å²) in [5.41, 5.74) is 0.889. The lowest BCUT2D eigenvalue weighted by molar-refractivity contribution is 0.276. The Bertz CT molecular complexity index is 377. The average Bonchev–Trinajstić information content (AvgIpc) is 2.15. The van der Waals surface area contributed by atoms with Crippen LogP contribution in [0.25, 0.3) is 0 Å². The van der Waals surface area contributed by atoms with Crippen LogP contribution in [0.2, 0.25) is 28.2 Å². The lowest BCUT2D eigenvalue weighted by atomic mass is 10.2. The second-order valence-corrected chi connectivity index (χ2v) is 11.4. The van der Waals surface area contributed by atoms with E-state index in [1.54, 1.807) is 0 Å². The summed E-state index contributed by atoms with van der Waals surface area (Å²) in [6.45, 7) is 11.6. The summed E-state index contributed by atoms with van der Waals surface area (Å²) >= 11 is 12.2. The molecule has 0 amide bonds. The topological polar surface area (TPSA) is 9.23 Å². The molecule has 0 aliphatic heterocycles. The lowest BCUT2D eigenvalue weighted by Crippen LogP contribution is -2.40. The number of hydrogen-bond donors (Lipinski definition) is 0. The molecule has 0 heterocycles. The molecule has 0 unspecified atom stereocenters. The summed E-state index contributed by atoms with van der Waals surface area (Å²) in [5, 5.41) is 1.55. The molecule has 0 fully saturated rings. The van der Waals surface area contributed by atoms with Crippen molar-refractivity contribution >= 4 is 31.5 Å². The summed E-state index contributed by atoms with van der Waals surface area (Å²) in [6.07, 6.45) is 0. The number of rotatable bonds is 3. The summed E-state index contributed by atoms with van der Waals surface area (Å²) in [5.74, 6) is 0. The van der Waals surface area contributed by atoms with Gasteiger partial charge >= 0.3 is 0 Å². The Morgan fingerprint density at radius 3 is 2.00 bits per heavy atom. The number of benzene rings is 1. The van der Waals surface area contributed by atoms with Gasteiger partial charge in [-0.05, 0) is 30.3 Å². The van der Waals surface area contributed by atoms with Crippen molar-refractivity contribution in [2.75, 3.05) is 0 Å². The van der Waals surface area contributed by atoms with E-state index in [0.29, 0.717) is 16.7 Å². The van der Waals surface area contributed by atoms with Gasteiger partial charge in [0.15, 0.2) is 8.32 Å². The zero-order chi connectivity index (χ0) is 13.3. The Morgan fingerprint density at radius 2 is 1.59 bits per heavy atom. The van der Waals surface area contributed by atoms with Crippen LogP contribution in [0.15, 0.2) is 18.2 Å². The van der Waals surface area contributed by atoms with Gasteiger partial charge in [0, 0.05) is 15.6 Å². The maximum atomic E-state index is 6.12. The molecule has 17 heavy (non-hydrogen) atoms. The molecule has 1 nitrogen and oxygen atoms in total. The van der Waals surface area contributed by atoms with Gasteiger partial charge in [0.25, 0.3) is 0 Å². The molecule has 0 aliphatic rings. The Hall–Kier alpha value is -0.0231. The van der Waals surface area contributed by atoms with Crippen LogP contribution in [0.3, 0.4) is 0 Å². The molecule has 0 saturated carbocycles. The smallest absolute Gasteiger partial charge is 0.192 e. The van der Waals surface area contributed by atoms with Crippen molar-refractivity contribution in [2.45, 2.75) is 45.5 Å². The van der Waals surface area contributed by atoms with Gasteiger partial charge in [-0.2, -0.15) is 0 Å². The van der Waals surface area contributed by atoms with Crippen LogP contribution in [0.1, 0.15) is 26.3 Å². The molecule has 0 aliphatic carbocycles. The van der Waals surface area contributed by atoms with Crippen LogP contribution in [0.4, 0.5) is 0 Å². The highest BCUT2D eigenvalue weighted by Crippen LogP contribution is 2.38. The fraction of sp³-hybridized carbons (Fsp3) is 0.538. The highest BCUT2D eigenvalue weighted by molar-refractivity contribution is 6.74. The van der Waals surface area contributed by atoms with Crippen LogP contribution in [0.5, 0.6) is 0 Å². The lowest BCUT2D eigenvalue weighted by Gasteiger charge is -2.36.